The zero-order chi connectivity index (χ0) is 14.8. The van der Waals surface area contributed by atoms with Crippen LogP contribution < -0.4 is 0 Å². The fraction of sp³-hybridized carbons (Fsp3) is 0.846. The van der Waals surface area contributed by atoms with E-state index in [-0.39, 0.29) is 11.9 Å². The summed E-state index contributed by atoms with van der Waals surface area (Å²) in [5.74, 6) is -0.940. The van der Waals surface area contributed by atoms with Crippen LogP contribution in [0.25, 0.3) is 0 Å². The molecule has 0 spiro atoms. The number of hydrogen-bond acceptors (Lipinski definition) is 3. The molecule has 1 fully saturated rings. The fourth-order valence-electron chi connectivity index (χ4n) is 2.41. The average Bonchev–Trinajstić information content (AvgIpc) is 2.78. The minimum absolute atomic E-state index is 0.0793. The van der Waals surface area contributed by atoms with E-state index in [1.54, 1.807) is 18.7 Å². The number of aliphatic carboxylic acids is 1. The van der Waals surface area contributed by atoms with Crippen LogP contribution in [0, 0.1) is 5.92 Å². The van der Waals surface area contributed by atoms with E-state index in [1.165, 1.54) is 18.7 Å². The number of rotatable bonds is 4. The highest BCUT2D eigenvalue weighted by atomic mass is 16.4. The summed E-state index contributed by atoms with van der Waals surface area (Å²) in [5, 5.41) is 18.8. The van der Waals surface area contributed by atoms with Gasteiger partial charge in [-0.15, -0.1) is 0 Å². The first-order valence-corrected chi connectivity index (χ1v) is 6.69. The van der Waals surface area contributed by atoms with E-state index in [0.717, 1.165) is 6.42 Å². The molecule has 1 aliphatic heterocycles. The maximum atomic E-state index is 12.4. The Balaban J connectivity index is 2.79. The Kier molecular flexibility index (Phi) is 4.79. The van der Waals surface area contributed by atoms with E-state index < -0.39 is 17.6 Å². The van der Waals surface area contributed by atoms with Gasteiger partial charge in [-0.2, -0.15) is 0 Å². The molecule has 1 heterocycles. The lowest BCUT2D eigenvalue weighted by molar-refractivity contribution is -0.147. The Morgan fingerprint density at radius 3 is 2.42 bits per heavy atom. The van der Waals surface area contributed by atoms with Crippen LogP contribution in [-0.4, -0.2) is 63.3 Å². The predicted octanol–water partition coefficient (Wildman–Crippen LogP) is 0.994. The molecule has 19 heavy (non-hydrogen) atoms. The van der Waals surface area contributed by atoms with Gasteiger partial charge in [-0.1, -0.05) is 0 Å². The predicted molar refractivity (Wildman–Crippen MR) is 70.9 cm³/mol. The van der Waals surface area contributed by atoms with Crippen molar-refractivity contribution in [3.63, 3.8) is 0 Å². The van der Waals surface area contributed by atoms with E-state index in [0.29, 0.717) is 19.6 Å². The average molecular weight is 272 g/mol. The number of carbonyl (C=O) groups excluding carboxylic acids is 1. The summed E-state index contributed by atoms with van der Waals surface area (Å²) in [6, 6.07) is -0.266. The van der Waals surface area contributed by atoms with E-state index in [9.17, 15) is 19.8 Å². The van der Waals surface area contributed by atoms with E-state index in [1.807, 2.05) is 0 Å². The van der Waals surface area contributed by atoms with Crippen molar-refractivity contribution in [3.05, 3.63) is 0 Å². The summed E-state index contributed by atoms with van der Waals surface area (Å²) in [6.45, 7) is 7.94. The number of hydrogen-bond donors (Lipinski definition) is 2. The number of carboxylic acid groups (broad SMARTS) is 1. The third-order valence-electron chi connectivity index (χ3n) is 3.92. The molecule has 0 bridgehead atoms. The molecule has 1 saturated heterocycles. The standard InChI is InChI=1S/C13H24N2O4/c1-5-15(13(3,4)11(17)18)12(19)14-7-6-10(8-14)9(2)16/h9-10,16H,5-8H2,1-4H3,(H,17,18). The quantitative estimate of drug-likeness (QED) is 0.800. The number of urea groups is 1. The highest BCUT2D eigenvalue weighted by Crippen LogP contribution is 2.24. The van der Waals surface area contributed by atoms with Gasteiger partial charge in [-0.05, 0) is 34.1 Å². The zero-order valence-corrected chi connectivity index (χ0v) is 12.1. The maximum Gasteiger partial charge on any atom is 0.329 e. The minimum atomic E-state index is -1.23. The third-order valence-corrected chi connectivity index (χ3v) is 3.92. The van der Waals surface area contributed by atoms with Crippen molar-refractivity contribution in [1.82, 2.24) is 9.80 Å². The van der Waals surface area contributed by atoms with Crippen LogP contribution in [0.1, 0.15) is 34.1 Å². The van der Waals surface area contributed by atoms with Crippen LogP contribution in [-0.2, 0) is 4.79 Å². The molecule has 2 atom stereocenters. The van der Waals surface area contributed by atoms with Gasteiger partial charge in [0.05, 0.1) is 6.10 Å². The van der Waals surface area contributed by atoms with Gasteiger partial charge in [0.25, 0.3) is 0 Å². The largest absolute Gasteiger partial charge is 0.480 e. The molecule has 0 aromatic carbocycles. The summed E-state index contributed by atoms with van der Waals surface area (Å²) in [7, 11) is 0. The molecule has 0 aromatic rings. The molecule has 6 nitrogen and oxygen atoms in total. The molecule has 1 rings (SSSR count). The van der Waals surface area contributed by atoms with Crippen LogP contribution in [0.3, 0.4) is 0 Å². The van der Waals surface area contributed by atoms with Crippen molar-refractivity contribution in [2.45, 2.75) is 45.8 Å². The Morgan fingerprint density at radius 2 is 2.05 bits per heavy atom. The number of likely N-dealkylation sites (tertiary alicyclic amines) is 1. The second-order valence-electron chi connectivity index (χ2n) is 5.63. The molecule has 6 heteroatoms. The van der Waals surface area contributed by atoms with Crippen LogP contribution in [0.5, 0.6) is 0 Å². The Hall–Kier alpha value is -1.30. The van der Waals surface area contributed by atoms with Gasteiger partial charge in [0, 0.05) is 25.6 Å². The smallest absolute Gasteiger partial charge is 0.329 e. The van der Waals surface area contributed by atoms with Crippen LogP contribution in [0.2, 0.25) is 0 Å². The lowest BCUT2D eigenvalue weighted by atomic mass is 10.0. The van der Waals surface area contributed by atoms with Gasteiger partial charge in [-0.25, -0.2) is 9.59 Å². The lowest BCUT2D eigenvalue weighted by Crippen LogP contribution is -2.56. The molecule has 2 unspecified atom stereocenters. The first-order valence-electron chi connectivity index (χ1n) is 6.69. The number of aliphatic hydroxyl groups is 1. The molecule has 0 aliphatic carbocycles. The Labute approximate surface area is 114 Å². The molecule has 0 saturated carbocycles. The summed E-state index contributed by atoms with van der Waals surface area (Å²) in [4.78, 5) is 26.7. The highest BCUT2D eigenvalue weighted by Gasteiger charge is 2.40. The number of carboxylic acids is 1. The number of amides is 2. The van der Waals surface area contributed by atoms with Crippen LogP contribution in [0.15, 0.2) is 0 Å². The summed E-state index contributed by atoms with van der Waals surface area (Å²) < 4.78 is 0. The molecule has 1 aliphatic rings. The van der Waals surface area contributed by atoms with E-state index in [4.69, 9.17) is 0 Å². The summed E-state index contributed by atoms with van der Waals surface area (Å²) in [5.41, 5.74) is -1.23. The molecular formula is C13H24N2O4. The fourth-order valence-corrected chi connectivity index (χ4v) is 2.41. The van der Waals surface area contributed by atoms with Crippen LogP contribution in [0.4, 0.5) is 4.79 Å². The Morgan fingerprint density at radius 1 is 1.47 bits per heavy atom. The van der Waals surface area contributed by atoms with Gasteiger partial charge in [0.2, 0.25) is 0 Å². The van der Waals surface area contributed by atoms with E-state index in [2.05, 4.69) is 0 Å². The molecular weight excluding hydrogens is 248 g/mol. The first kappa shape index (κ1) is 15.8. The minimum Gasteiger partial charge on any atom is -0.480 e. The molecule has 2 N–H and O–H groups in total. The van der Waals surface area contributed by atoms with E-state index >= 15 is 0 Å². The molecule has 0 aromatic heterocycles. The number of carbonyl (C=O) groups is 2. The second kappa shape index (κ2) is 5.77. The molecule has 110 valence electrons. The van der Waals surface area contributed by atoms with Gasteiger partial charge in [0.1, 0.15) is 5.54 Å². The van der Waals surface area contributed by atoms with Crippen molar-refractivity contribution in [2.75, 3.05) is 19.6 Å². The van der Waals surface area contributed by atoms with Gasteiger partial charge in [0.15, 0.2) is 0 Å². The summed E-state index contributed by atoms with van der Waals surface area (Å²) in [6.07, 6.45) is 0.314. The second-order valence-corrected chi connectivity index (χ2v) is 5.63. The number of likely N-dealkylation sites (N-methyl/N-ethyl adjacent to an activating group) is 1. The SMILES string of the molecule is CCN(C(=O)N1CCC(C(C)O)C1)C(C)(C)C(=O)O. The third kappa shape index (κ3) is 3.18. The number of nitrogens with zero attached hydrogens (tertiary/aromatic N) is 2. The van der Waals surface area contributed by atoms with Gasteiger partial charge >= 0.3 is 12.0 Å². The topological polar surface area (TPSA) is 81.1 Å². The van der Waals surface area contributed by atoms with Gasteiger partial charge in [-0.3, -0.25) is 0 Å². The molecule has 0 radical (unpaired) electrons. The first-order chi connectivity index (χ1) is 8.71. The Bertz CT molecular complexity index is 355. The van der Waals surface area contributed by atoms with Crippen LogP contribution >= 0.6 is 0 Å². The normalized spacial score (nSPS) is 21.3. The highest BCUT2D eigenvalue weighted by molar-refractivity contribution is 5.85. The van der Waals surface area contributed by atoms with Crippen molar-refractivity contribution in [3.8, 4) is 0 Å². The van der Waals surface area contributed by atoms with Crippen molar-refractivity contribution < 1.29 is 19.8 Å². The van der Waals surface area contributed by atoms with Crippen molar-refractivity contribution in [2.24, 2.45) is 5.92 Å². The monoisotopic (exact) mass is 272 g/mol. The van der Waals surface area contributed by atoms with Crippen molar-refractivity contribution in [1.29, 1.82) is 0 Å². The summed E-state index contributed by atoms with van der Waals surface area (Å²) >= 11 is 0. The number of aliphatic hydroxyl groups excluding tert-OH is 1. The van der Waals surface area contributed by atoms with Crippen molar-refractivity contribution >= 4 is 12.0 Å². The maximum absolute atomic E-state index is 12.4. The zero-order valence-electron chi connectivity index (χ0n) is 12.1. The molecule has 2 amide bonds. The van der Waals surface area contributed by atoms with Gasteiger partial charge < -0.3 is 20.0 Å². The lowest BCUT2D eigenvalue weighted by Gasteiger charge is -2.37.